The summed E-state index contributed by atoms with van der Waals surface area (Å²) in [5, 5.41) is 1.65. The number of nitrogens with zero attached hydrogens (tertiary/aromatic N) is 1. The summed E-state index contributed by atoms with van der Waals surface area (Å²) in [5.41, 5.74) is 3.00. The zero-order valence-corrected chi connectivity index (χ0v) is 14.3. The van der Waals surface area contributed by atoms with E-state index in [4.69, 9.17) is 0 Å². The van der Waals surface area contributed by atoms with Crippen LogP contribution >= 0.6 is 0 Å². The average Bonchev–Trinajstić information content (AvgIpc) is 2.64. The van der Waals surface area contributed by atoms with Crippen molar-refractivity contribution in [3.05, 3.63) is 101 Å². The lowest BCUT2D eigenvalue weighted by Gasteiger charge is -2.04. The van der Waals surface area contributed by atoms with Gasteiger partial charge in [-0.15, -0.1) is 0 Å². The van der Waals surface area contributed by atoms with Crippen molar-refractivity contribution in [2.75, 3.05) is 0 Å². The first kappa shape index (κ1) is 16.9. The Kier molecular flexibility index (Phi) is 4.96. The van der Waals surface area contributed by atoms with Crippen LogP contribution in [0.25, 0.3) is 22.0 Å². The van der Waals surface area contributed by atoms with Crippen LogP contribution in [0.15, 0.2) is 90.0 Å². The molecule has 0 unspecified atom stereocenters. The number of H-pyrrole nitrogens is 1. The predicted molar refractivity (Wildman–Crippen MR) is 95.7 cm³/mol. The lowest BCUT2D eigenvalue weighted by Crippen LogP contribution is -3.00. The zero-order valence-electron chi connectivity index (χ0n) is 13.5. The fraction of sp³-hybridized carbons (Fsp3) is 0.0476. The molecule has 0 bridgehead atoms. The Labute approximate surface area is 152 Å². The van der Waals surface area contributed by atoms with Crippen LogP contribution in [0, 0.1) is 0 Å². The van der Waals surface area contributed by atoms with E-state index in [2.05, 4.69) is 17.1 Å². The highest BCUT2D eigenvalue weighted by Crippen LogP contribution is 2.18. The molecule has 3 nitrogen and oxygen atoms in total. The minimum atomic E-state index is -0.0613. The van der Waals surface area contributed by atoms with Crippen molar-refractivity contribution >= 4 is 10.8 Å². The van der Waals surface area contributed by atoms with Crippen molar-refractivity contribution in [3.8, 4) is 11.3 Å². The maximum absolute atomic E-state index is 12.5. The second-order valence-electron chi connectivity index (χ2n) is 5.85. The molecule has 0 atom stereocenters. The molecule has 25 heavy (non-hydrogen) atoms. The number of halogens is 1. The maximum atomic E-state index is 12.5. The Morgan fingerprint density at radius 1 is 0.880 bits per heavy atom. The number of pyridine rings is 2. The molecule has 2 heterocycles. The number of fused-ring (bicyclic) bond motifs is 1. The first-order valence-corrected chi connectivity index (χ1v) is 7.95. The molecule has 124 valence electrons. The quantitative estimate of drug-likeness (QED) is 0.539. The van der Waals surface area contributed by atoms with Crippen molar-refractivity contribution in [1.82, 2.24) is 4.98 Å². The second kappa shape index (κ2) is 7.32. The van der Waals surface area contributed by atoms with E-state index in [1.807, 2.05) is 77.6 Å². The number of hydrogen-bond acceptors (Lipinski definition) is 1. The summed E-state index contributed by atoms with van der Waals surface area (Å²) in [4.78, 5) is 15.5. The molecule has 0 saturated heterocycles. The molecule has 0 spiro atoms. The Morgan fingerprint density at radius 2 is 1.56 bits per heavy atom. The largest absolute Gasteiger partial charge is 1.00 e. The monoisotopic (exact) mass is 348 g/mol. The lowest BCUT2D eigenvalue weighted by molar-refractivity contribution is -0.687. The van der Waals surface area contributed by atoms with E-state index in [1.54, 1.807) is 0 Å². The maximum Gasteiger partial charge on any atom is 0.262 e. The third-order valence-electron chi connectivity index (χ3n) is 4.14. The van der Waals surface area contributed by atoms with Gasteiger partial charge in [-0.05, 0) is 11.6 Å². The van der Waals surface area contributed by atoms with Crippen LogP contribution in [0.4, 0.5) is 0 Å². The third-order valence-corrected chi connectivity index (χ3v) is 4.14. The summed E-state index contributed by atoms with van der Waals surface area (Å²) in [5.74, 6) is 0. The van der Waals surface area contributed by atoms with Crippen LogP contribution in [0.2, 0.25) is 0 Å². The minimum Gasteiger partial charge on any atom is -1.00 e. The summed E-state index contributed by atoms with van der Waals surface area (Å²) in [6.07, 6.45) is 3.93. The molecule has 4 heteroatoms. The summed E-state index contributed by atoms with van der Waals surface area (Å²) in [6.45, 7) is 0.747. The SMILES string of the molecule is O=c1[nH]c(-c2ccccc2)cc2cc[n+](Cc3ccccc3)cc12.[Cl-]. The molecule has 0 aliphatic heterocycles. The van der Waals surface area contributed by atoms with Crippen molar-refractivity contribution in [3.63, 3.8) is 0 Å². The molecule has 4 aromatic rings. The minimum absolute atomic E-state index is 0. The highest BCUT2D eigenvalue weighted by molar-refractivity contribution is 5.83. The lowest BCUT2D eigenvalue weighted by atomic mass is 10.1. The topological polar surface area (TPSA) is 36.7 Å². The number of rotatable bonds is 3. The highest BCUT2D eigenvalue weighted by atomic mass is 35.5. The van der Waals surface area contributed by atoms with Crippen molar-refractivity contribution in [2.24, 2.45) is 0 Å². The first-order valence-electron chi connectivity index (χ1n) is 7.95. The van der Waals surface area contributed by atoms with Gasteiger partial charge in [0.25, 0.3) is 5.56 Å². The Balaban J connectivity index is 0.00000182. The number of aromatic nitrogens is 2. The van der Waals surface area contributed by atoms with Crippen molar-refractivity contribution in [2.45, 2.75) is 6.54 Å². The van der Waals surface area contributed by atoms with Crippen LogP contribution in [0.3, 0.4) is 0 Å². The normalized spacial score (nSPS) is 10.4. The van der Waals surface area contributed by atoms with E-state index < -0.39 is 0 Å². The van der Waals surface area contributed by atoms with Crippen LogP contribution in [0.5, 0.6) is 0 Å². The fourth-order valence-electron chi connectivity index (χ4n) is 2.91. The molecule has 2 aromatic heterocycles. The average molecular weight is 349 g/mol. The van der Waals surface area contributed by atoms with Gasteiger partial charge in [-0.2, -0.15) is 4.57 Å². The van der Waals surface area contributed by atoms with E-state index >= 15 is 0 Å². The van der Waals surface area contributed by atoms with E-state index in [0.29, 0.717) is 5.39 Å². The number of aromatic amines is 1. The third kappa shape index (κ3) is 3.62. The van der Waals surface area contributed by atoms with Gasteiger partial charge in [-0.1, -0.05) is 60.7 Å². The van der Waals surface area contributed by atoms with E-state index in [0.717, 1.165) is 23.2 Å². The Bertz CT molecular complexity index is 1040. The summed E-state index contributed by atoms with van der Waals surface area (Å²) in [6, 6.07) is 24.1. The molecular formula is C21H17ClN2O. The second-order valence-corrected chi connectivity index (χ2v) is 5.85. The number of benzene rings is 2. The van der Waals surface area contributed by atoms with Crippen molar-refractivity contribution < 1.29 is 17.0 Å². The van der Waals surface area contributed by atoms with Gasteiger partial charge in [0, 0.05) is 22.7 Å². The van der Waals surface area contributed by atoms with E-state index in [9.17, 15) is 4.79 Å². The van der Waals surface area contributed by atoms with Crippen LogP contribution < -0.4 is 22.5 Å². The fourth-order valence-corrected chi connectivity index (χ4v) is 2.91. The van der Waals surface area contributed by atoms with Gasteiger partial charge in [-0.3, -0.25) is 4.79 Å². The molecule has 4 rings (SSSR count). The summed E-state index contributed by atoms with van der Waals surface area (Å²) < 4.78 is 2.04. The molecule has 0 saturated carbocycles. The highest BCUT2D eigenvalue weighted by Gasteiger charge is 2.09. The smallest absolute Gasteiger partial charge is 0.262 e. The number of hydrogen-bond donors (Lipinski definition) is 1. The predicted octanol–water partition coefficient (Wildman–Crippen LogP) is 0.535. The van der Waals surface area contributed by atoms with Crippen LogP contribution in [0.1, 0.15) is 5.56 Å². The molecule has 0 fully saturated rings. The molecular weight excluding hydrogens is 332 g/mol. The Hall–Kier alpha value is -2.91. The summed E-state index contributed by atoms with van der Waals surface area (Å²) >= 11 is 0. The van der Waals surface area contributed by atoms with Crippen LogP contribution in [-0.4, -0.2) is 4.98 Å². The molecule has 2 aromatic carbocycles. The van der Waals surface area contributed by atoms with Gasteiger partial charge < -0.3 is 17.4 Å². The van der Waals surface area contributed by atoms with Gasteiger partial charge in [0.15, 0.2) is 18.9 Å². The van der Waals surface area contributed by atoms with Gasteiger partial charge >= 0.3 is 0 Å². The van der Waals surface area contributed by atoms with E-state index in [-0.39, 0.29) is 18.0 Å². The van der Waals surface area contributed by atoms with Crippen LogP contribution in [-0.2, 0) is 6.54 Å². The summed E-state index contributed by atoms with van der Waals surface area (Å²) in [7, 11) is 0. The molecule has 0 aliphatic rings. The zero-order chi connectivity index (χ0) is 16.4. The number of nitrogens with one attached hydrogen (secondary N) is 1. The van der Waals surface area contributed by atoms with Gasteiger partial charge in [0.05, 0.1) is 0 Å². The van der Waals surface area contributed by atoms with E-state index in [1.165, 1.54) is 5.56 Å². The molecule has 0 aliphatic carbocycles. The first-order chi connectivity index (χ1) is 11.8. The molecule has 1 N–H and O–H groups in total. The molecule has 0 radical (unpaired) electrons. The van der Waals surface area contributed by atoms with Gasteiger partial charge in [0.1, 0.15) is 5.39 Å². The Morgan fingerprint density at radius 3 is 2.28 bits per heavy atom. The van der Waals surface area contributed by atoms with Gasteiger partial charge in [-0.25, -0.2) is 0 Å². The van der Waals surface area contributed by atoms with Gasteiger partial charge in [0.2, 0.25) is 0 Å². The standard InChI is InChI=1S/C21H16N2O.ClH/c24-21-19-15-23(14-16-7-3-1-4-8-16)12-11-18(19)13-20(22-21)17-9-5-2-6-10-17;/h1-13,15H,14H2;1H. The molecule has 0 amide bonds. The van der Waals surface area contributed by atoms with Crippen molar-refractivity contribution in [1.29, 1.82) is 0 Å².